The van der Waals surface area contributed by atoms with E-state index in [1.807, 2.05) is 0 Å². The summed E-state index contributed by atoms with van der Waals surface area (Å²) in [5.41, 5.74) is 5.75. The number of allylic oxidation sites excluding steroid dienone is 2. The number of carbonyl (C=O) groups is 3. The second-order valence-corrected chi connectivity index (χ2v) is 4.89. The molecule has 6 heteroatoms. The molecule has 0 saturated carbocycles. The number of hydrogen-bond donors (Lipinski definition) is 3. The van der Waals surface area contributed by atoms with Crippen molar-refractivity contribution in [1.29, 1.82) is 0 Å². The molecule has 2 rings (SSSR count). The Hall–Kier alpha value is -2.63. The van der Waals surface area contributed by atoms with Gasteiger partial charge in [-0.2, -0.15) is 0 Å². The molecule has 0 aromatic heterocycles. The zero-order valence-electron chi connectivity index (χ0n) is 11.3. The summed E-state index contributed by atoms with van der Waals surface area (Å²) >= 11 is 0. The second kappa shape index (κ2) is 6.21. The van der Waals surface area contributed by atoms with E-state index in [-0.39, 0.29) is 5.56 Å². The molecule has 6 nitrogen and oxygen atoms in total. The summed E-state index contributed by atoms with van der Waals surface area (Å²) in [5, 5.41) is 11.8. The van der Waals surface area contributed by atoms with Gasteiger partial charge >= 0.3 is 5.97 Å². The number of carboxylic acid groups (broad SMARTS) is 1. The van der Waals surface area contributed by atoms with Crippen molar-refractivity contribution in [3.05, 3.63) is 42.0 Å². The Bertz CT molecular complexity index is 609. The predicted octanol–water partition coefficient (Wildman–Crippen LogP) is 1.39. The molecule has 21 heavy (non-hydrogen) atoms. The highest BCUT2D eigenvalue weighted by Crippen LogP contribution is 2.27. The van der Waals surface area contributed by atoms with Gasteiger partial charge in [-0.05, 0) is 25.0 Å². The first-order chi connectivity index (χ1) is 10.0. The molecule has 110 valence electrons. The van der Waals surface area contributed by atoms with Gasteiger partial charge in [0.05, 0.1) is 23.1 Å². The van der Waals surface area contributed by atoms with Gasteiger partial charge in [-0.3, -0.25) is 14.4 Å². The van der Waals surface area contributed by atoms with Gasteiger partial charge in [0.15, 0.2) is 0 Å². The summed E-state index contributed by atoms with van der Waals surface area (Å²) in [4.78, 5) is 34.8. The lowest BCUT2D eigenvalue weighted by molar-refractivity contribution is -0.146. The highest BCUT2D eigenvalue weighted by molar-refractivity contribution is 6.04. The Kier molecular flexibility index (Phi) is 4.37. The lowest BCUT2D eigenvalue weighted by atomic mass is 9.82. The number of rotatable bonds is 4. The Morgan fingerprint density at radius 1 is 1.10 bits per heavy atom. The first-order valence-electron chi connectivity index (χ1n) is 6.58. The Balaban J connectivity index is 2.20. The second-order valence-electron chi connectivity index (χ2n) is 4.89. The summed E-state index contributed by atoms with van der Waals surface area (Å²) in [7, 11) is 0. The topological polar surface area (TPSA) is 109 Å². The smallest absolute Gasteiger partial charge is 0.307 e. The van der Waals surface area contributed by atoms with Gasteiger partial charge in [0, 0.05) is 0 Å². The van der Waals surface area contributed by atoms with Crippen LogP contribution in [0.3, 0.4) is 0 Å². The Morgan fingerprint density at radius 3 is 2.33 bits per heavy atom. The molecule has 0 heterocycles. The number of hydrogen-bond acceptors (Lipinski definition) is 3. The average molecular weight is 288 g/mol. The van der Waals surface area contributed by atoms with E-state index in [4.69, 9.17) is 5.73 Å². The maximum absolute atomic E-state index is 12.3. The number of nitrogens with two attached hydrogens (primary N) is 1. The van der Waals surface area contributed by atoms with Crippen molar-refractivity contribution in [2.75, 3.05) is 5.32 Å². The van der Waals surface area contributed by atoms with Crippen molar-refractivity contribution >= 4 is 23.5 Å². The third-order valence-electron chi connectivity index (χ3n) is 3.54. The third kappa shape index (κ3) is 3.28. The summed E-state index contributed by atoms with van der Waals surface area (Å²) in [6.45, 7) is 0. The predicted molar refractivity (Wildman–Crippen MR) is 76.6 cm³/mol. The largest absolute Gasteiger partial charge is 0.481 e. The molecule has 2 amide bonds. The highest BCUT2D eigenvalue weighted by Gasteiger charge is 2.34. The number of carboxylic acids is 1. The first-order valence-corrected chi connectivity index (χ1v) is 6.58. The van der Waals surface area contributed by atoms with Crippen molar-refractivity contribution in [2.45, 2.75) is 12.8 Å². The number of primary amides is 1. The third-order valence-corrected chi connectivity index (χ3v) is 3.54. The fourth-order valence-corrected chi connectivity index (χ4v) is 2.41. The van der Waals surface area contributed by atoms with E-state index >= 15 is 0 Å². The summed E-state index contributed by atoms with van der Waals surface area (Å²) in [6, 6.07) is 6.37. The maximum Gasteiger partial charge on any atom is 0.307 e. The minimum absolute atomic E-state index is 0.198. The van der Waals surface area contributed by atoms with Crippen molar-refractivity contribution in [3.8, 4) is 0 Å². The van der Waals surface area contributed by atoms with Gasteiger partial charge < -0.3 is 16.2 Å². The van der Waals surface area contributed by atoms with Crippen LogP contribution in [0.2, 0.25) is 0 Å². The van der Waals surface area contributed by atoms with Gasteiger partial charge in [0.1, 0.15) is 0 Å². The molecule has 0 radical (unpaired) electrons. The molecule has 1 aromatic carbocycles. The van der Waals surface area contributed by atoms with E-state index in [1.54, 1.807) is 30.4 Å². The van der Waals surface area contributed by atoms with Crippen LogP contribution in [-0.4, -0.2) is 22.9 Å². The molecular weight excluding hydrogens is 272 g/mol. The molecule has 1 aromatic rings. The molecule has 4 N–H and O–H groups in total. The van der Waals surface area contributed by atoms with Crippen LogP contribution in [0.15, 0.2) is 36.4 Å². The molecule has 0 bridgehead atoms. The normalized spacial score (nSPS) is 20.8. The number of nitrogens with one attached hydrogen (secondary N) is 1. The Morgan fingerprint density at radius 2 is 1.71 bits per heavy atom. The zero-order chi connectivity index (χ0) is 15.4. The number of amides is 2. The van der Waals surface area contributed by atoms with E-state index in [0.29, 0.717) is 18.5 Å². The van der Waals surface area contributed by atoms with E-state index < -0.39 is 29.6 Å². The van der Waals surface area contributed by atoms with E-state index in [1.165, 1.54) is 6.07 Å². The van der Waals surface area contributed by atoms with Crippen molar-refractivity contribution in [3.63, 3.8) is 0 Å². The SMILES string of the molecule is NC(=O)c1ccccc1NC(=O)[C@H]1CC=CC[C@H]1C(=O)O. The number of aliphatic carboxylic acids is 1. The Labute approximate surface area is 121 Å². The minimum atomic E-state index is -0.998. The lowest BCUT2D eigenvalue weighted by Gasteiger charge is -2.24. The molecule has 0 unspecified atom stereocenters. The van der Waals surface area contributed by atoms with Gasteiger partial charge in [-0.25, -0.2) is 0 Å². The summed E-state index contributed by atoms with van der Waals surface area (Å²) in [5.74, 6) is -3.48. The summed E-state index contributed by atoms with van der Waals surface area (Å²) < 4.78 is 0. The molecule has 0 fully saturated rings. The molecule has 0 saturated heterocycles. The van der Waals surface area contributed by atoms with Crippen molar-refractivity contribution < 1.29 is 19.5 Å². The fraction of sp³-hybridized carbons (Fsp3) is 0.267. The van der Waals surface area contributed by atoms with E-state index in [9.17, 15) is 19.5 Å². The quantitative estimate of drug-likeness (QED) is 0.727. The van der Waals surface area contributed by atoms with Crippen molar-refractivity contribution in [1.82, 2.24) is 0 Å². The molecular formula is C15H16N2O4. The van der Waals surface area contributed by atoms with Crippen molar-refractivity contribution in [2.24, 2.45) is 17.6 Å². The van der Waals surface area contributed by atoms with E-state index in [2.05, 4.69) is 5.32 Å². The van der Waals surface area contributed by atoms with Gasteiger partial charge in [-0.1, -0.05) is 24.3 Å². The number of carbonyl (C=O) groups excluding carboxylic acids is 2. The van der Waals surface area contributed by atoms with Crippen LogP contribution in [0.4, 0.5) is 5.69 Å². The fourth-order valence-electron chi connectivity index (χ4n) is 2.41. The maximum atomic E-state index is 12.3. The van der Waals surface area contributed by atoms with Gasteiger partial charge in [0.25, 0.3) is 5.91 Å². The van der Waals surface area contributed by atoms with Crippen LogP contribution in [0.25, 0.3) is 0 Å². The first kappa shape index (κ1) is 14.8. The molecule has 0 spiro atoms. The van der Waals surface area contributed by atoms with Crippen LogP contribution in [0.1, 0.15) is 23.2 Å². The van der Waals surface area contributed by atoms with Crippen LogP contribution in [0.5, 0.6) is 0 Å². The lowest BCUT2D eigenvalue weighted by Crippen LogP contribution is -2.35. The standard InChI is InChI=1S/C15H16N2O4/c16-13(18)11-7-3-4-8-12(11)17-14(19)9-5-1-2-6-10(9)15(20)21/h1-4,7-10H,5-6H2,(H2,16,18)(H,17,19)(H,20,21)/t9-,10+/m0/s1. The van der Waals surface area contributed by atoms with Crippen LogP contribution in [0, 0.1) is 11.8 Å². The van der Waals surface area contributed by atoms with Gasteiger partial charge in [-0.15, -0.1) is 0 Å². The molecule has 0 aliphatic heterocycles. The number of benzene rings is 1. The average Bonchev–Trinajstić information content (AvgIpc) is 2.47. The minimum Gasteiger partial charge on any atom is -0.481 e. The summed E-state index contributed by atoms with van der Waals surface area (Å²) in [6.07, 6.45) is 4.25. The number of anilines is 1. The zero-order valence-corrected chi connectivity index (χ0v) is 11.3. The van der Waals surface area contributed by atoms with Crippen LogP contribution in [-0.2, 0) is 9.59 Å². The van der Waals surface area contributed by atoms with Crippen LogP contribution >= 0.6 is 0 Å². The monoisotopic (exact) mass is 288 g/mol. The highest BCUT2D eigenvalue weighted by atomic mass is 16.4. The van der Waals surface area contributed by atoms with Crippen LogP contribution < -0.4 is 11.1 Å². The molecule has 1 aliphatic carbocycles. The molecule has 2 atom stereocenters. The number of para-hydroxylation sites is 1. The molecule has 1 aliphatic rings. The van der Waals surface area contributed by atoms with E-state index in [0.717, 1.165) is 0 Å². The van der Waals surface area contributed by atoms with Gasteiger partial charge in [0.2, 0.25) is 5.91 Å².